The fraction of sp³-hybridized carbons (Fsp3) is 0. The second-order valence-corrected chi connectivity index (χ2v) is 13.3. The van der Waals surface area contributed by atoms with E-state index in [0.29, 0.717) is 0 Å². The molecule has 0 radical (unpaired) electrons. The highest BCUT2D eigenvalue weighted by atomic mass is 15.3. The topological polar surface area (TPSA) is 6.48 Å². The fourth-order valence-corrected chi connectivity index (χ4v) is 8.57. The summed E-state index contributed by atoms with van der Waals surface area (Å²) in [4.78, 5) is 4.88. The van der Waals surface area contributed by atoms with Crippen LogP contribution in [0.25, 0.3) is 64.6 Å². The molecule has 0 amide bonds. The molecule has 0 unspecified atom stereocenters. The average molecular weight is 635 g/mol. The van der Waals surface area contributed by atoms with Crippen molar-refractivity contribution in [3.63, 3.8) is 0 Å². The van der Waals surface area contributed by atoms with Crippen LogP contribution < -0.4 is 9.80 Å². The van der Waals surface area contributed by atoms with E-state index >= 15 is 0 Å². The first kappa shape index (κ1) is 27.3. The predicted octanol–water partition coefficient (Wildman–Crippen LogP) is 13.9. The van der Waals surface area contributed by atoms with E-state index in [9.17, 15) is 0 Å². The van der Waals surface area contributed by atoms with Crippen LogP contribution in [0.15, 0.2) is 182 Å². The summed E-state index contributed by atoms with van der Waals surface area (Å²) in [6.45, 7) is 0. The normalized spacial score (nSPS) is 12.7. The zero-order chi connectivity index (χ0) is 32.8. The maximum atomic E-state index is 2.44. The van der Waals surface area contributed by atoms with E-state index in [4.69, 9.17) is 0 Å². The molecule has 0 saturated heterocycles. The van der Waals surface area contributed by atoms with E-state index in [1.807, 2.05) is 0 Å². The van der Waals surface area contributed by atoms with Crippen molar-refractivity contribution in [2.75, 3.05) is 9.80 Å². The number of nitrogens with zero attached hydrogens (tertiary/aromatic N) is 2. The van der Waals surface area contributed by atoms with E-state index in [1.54, 1.807) is 0 Å². The highest BCUT2D eigenvalue weighted by Gasteiger charge is 2.30. The van der Waals surface area contributed by atoms with Crippen molar-refractivity contribution >= 4 is 98.8 Å². The molecule has 11 rings (SSSR count). The lowest BCUT2D eigenvalue weighted by Gasteiger charge is -2.40. The Labute approximate surface area is 289 Å². The number of hydrogen-bond donors (Lipinski definition) is 0. The lowest BCUT2D eigenvalue weighted by Crippen LogP contribution is -2.23. The Kier molecular flexibility index (Phi) is 5.70. The summed E-state index contributed by atoms with van der Waals surface area (Å²) < 4.78 is 0. The van der Waals surface area contributed by atoms with E-state index in [-0.39, 0.29) is 0 Å². The third-order valence-corrected chi connectivity index (χ3v) is 10.7. The fourth-order valence-electron chi connectivity index (χ4n) is 8.57. The van der Waals surface area contributed by atoms with Crippen LogP contribution in [0.4, 0.5) is 34.1 Å². The molecule has 2 heteroatoms. The third kappa shape index (κ3) is 3.79. The Morgan fingerprint density at radius 2 is 0.420 bits per heavy atom. The summed E-state index contributed by atoms with van der Waals surface area (Å²) in [5.41, 5.74) is 6.90. The molecule has 0 saturated carbocycles. The van der Waals surface area contributed by atoms with E-state index in [1.165, 1.54) is 64.6 Å². The summed E-state index contributed by atoms with van der Waals surface area (Å²) in [7, 11) is 0. The lowest BCUT2D eigenvalue weighted by molar-refractivity contribution is 1.17. The van der Waals surface area contributed by atoms with Gasteiger partial charge in [0.1, 0.15) is 0 Å². The summed E-state index contributed by atoms with van der Waals surface area (Å²) in [6.07, 6.45) is 0. The second-order valence-electron chi connectivity index (χ2n) is 13.3. The summed E-state index contributed by atoms with van der Waals surface area (Å²) in [5.74, 6) is 0. The zero-order valence-corrected chi connectivity index (χ0v) is 27.2. The van der Waals surface area contributed by atoms with Crippen LogP contribution in [-0.2, 0) is 0 Å². The van der Waals surface area contributed by atoms with Gasteiger partial charge in [0, 0.05) is 11.4 Å². The number of anilines is 6. The molecule has 0 aliphatic carbocycles. The Balaban J connectivity index is 1.15. The molecule has 1 aliphatic heterocycles. The SMILES string of the molecule is c1ccc2c(c1)N(c1ccc3c4ccccc4c4ccccc4c3c1)c1ccccc1N2c1ccc2c3ccccc3c3ccccc3c2c1. The molecule has 10 aromatic rings. The Hall–Kier alpha value is -6.64. The minimum atomic E-state index is 1.15. The van der Waals surface area contributed by atoms with Gasteiger partial charge in [0.05, 0.1) is 22.7 Å². The molecular weight excluding hydrogens is 605 g/mol. The summed E-state index contributed by atoms with van der Waals surface area (Å²) in [6, 6.07) is 66.8. The highest BCUT2D eigenvalue weighted by molar-refractivity contribution is 6.27. The molecule has 1 heterocycles. The molecule has 0 fully saturated rings. The van der Waals surface area contributed by atoms with Crippen molar-refractivity contribution in [2.45, 2.75) is 0 Å². The van der Waals surface area contributed by atoms with Gasteiger partial charge in [-0.15, -0.1) is 0 Å². The van der Waals surface area contributed by atoms with Gasteiger partial charge in [0.2, 0.25) is 0 Å². The summed E-state index contributed by atoms with van der Waals surface area (Å²) in [5, 5.41) is 15.4. The number of rotatable bonds is 2. The molecular formula is C48H30N2. The second kappa shape index (κ2) is 10.4. The number of benzene rings is 10. The molecule has 1 aliphatic rings. The van der Waals surface area contributed by atoms with Gasteiger partial charge in [-0.1, -0.05) is 133 Å². The standard InChI is InChI=1S/C48H30N2/c1-3-17-37-33(13-1)35-15-5-7-19-39(35)43-29-31(25-27-41(37)43)49-45-21-9-11-23-47(45)50(48-24-12-10-22-46(48)49)32-26-28-42-38-18-4-2-14-34(38)36-16-6-8-20-40(36)44(42)30-32/h1-30H. The van der Waals surface area contributed by atoms with Crippen molar-refractivity contribution in [1.29, 1.82) is 0 Å². The smallest absolute Gasteiger partial charge is 0.0703 e. The molecule has 0 bridgehead atoms. The first-order valence-electron chi connectivity index (χ1n) is 17.3. The summed E-state index contributed by atoms with van der Waals surface area (Å²) >= 11 is 0. The Morgan fingerprint density at radius 3 is 0.700 bits per heavy atom. The van der Waals surface area contributed by atoms with Gasteiger partial charge in [-0.05, 0) is 113 Å². The van der Waals surface area contributed by atoms with Crippen LogP contribution >= 0.6 is 0 Å². The first-order chi connectivity index (χ1) is 24.8. The first-order valence-corrected chi connectivity index (χ1v) is 17.3. The van der Waals surface area contributed by atoms with Gasteiger partial charge >= 0.3 is 0 Å². The minimum absolute atomic E-state index is 1.15. The zero-order valence-electron chi connectivity index (χ0n) is 27.2. The maximum absolute atomic E-state index is 2.44. The van der Waals surface area contributed by atoms with Crippen LogP contribution in [0.3, 0.4) is 0 Å². The largest absolute Gasteiger partial charge is 0.306 e. The van der Waals surface area contributed by atoms with Crippen molar-refractivity contribution in [3.05, 3.63) is 182 Å². The van der Waals surface area contributed by atoms with Crippen LogP contribution in [0.5, 0.6) is 0 Å². The lowest BCUT2D eigenvalue weighted by atomic mass is 9.93. The maximum Gasteiger partial charge on any atom is 0.0703 e. The van der Waals surface area contributed by atoms with Gasteiger partial charge in [0.25, 0.3) is 0 Å². The van der Waals surface area contributed by atoms with Gasteiger partial charge in [-0.3, -0.25) is 0 Å². The number of fused-ring (bicyclic) bond motifs is 14. The molecule has 232 valence electrons. The molecule has 0 aromatic heterocycles. The van der Waals surface area contributed by atoms with E-state index in [2.05, 4.69) is 192 Å². The van der Waals surface area contributed by atoms with Gasteiger partial charge in [-0.2, -0.15) is 0 Å². The third-order valence-electron chi connectivity index (χ3n) is 10.7. The monoisotopic (exact) mass is 634 g/mol. The molecule has 0 N–H and O–H groups in total. The van der Waals surface area contributed by atoms with Crippen molar-refractivity contribution in [3.8, 4) is 0 Å². The van der Waals surface area contributed by atoms with Crippen molar-refractivity contribution in [1.82, 2.24) is 0 Å². The Morgan fingerprint density at radius 1 is 0.200 bits per heavy atom. The average Bonchev–Trinajstić information content (AvgIpc) is 3.20. The minimum Gasteiger partial charge on any atom is -0.306 e. The van der Waals surface area contributed by atoms with E-state index < -0.39 is 0 Å². The molecule has 0 atom stereocenters. The van der Waals surface area contributed by atoms with Crippen LogP contribution in [0, 0.1) is 0 Å². The molecule has 10 aromatic carbocycles. The van der Waals surface area contributed by atoms with E-state index in [0.717, 1.165) is 34.1 Å². The Bertz CT molecular complexity index is 2690. The molecule has 2 nitrogen and oxygen atoms in total. The van der Waals surface area contributed by atoms with Gasteiger partial charge in [0.15, 0.2) is 0 Å². The van der Waals surface area contributed by atoms with Crippen molar-refractivity contribution in [2.24, 2.45) is 0 Å². The van der Waals surface area contributed by atoms with Crippen LogP contribution in [-0.4, -0.2) is 0 Å². The van der Waals surface area contributed by atoms with Crippen molar-refractivity contribution < 1.29 is 0 Å². The number of para-hydroxylation sites is 4. The molecule has 0 spiro atoms. The van der Waals surface area contributed by atoms with Crippen LogP contribution in [0.1, 0.15) is 0 Å². The molecule has 50 heavy (non-hydrogen) atoms. The van der Waals surface area contributed by atoms with Crippen LogP contribution in [0.2, 0.25) is 0 Å². The van der Waals surface area contributed by atoms with Gasteiger partial charge in [-0.25, -0.2) is 0 Å². The number of hydrogen-bond acceptors (Lipinski definition) is 2. The quantitative estimate of drug-likeness (QED) is 0.175. The predicted molar refractivity (Wildman–Crippen MR) is 214 cm³/mol. The highest BCUT2D eigenvalue weighted by Crippen LogP contribution is 2.55. The van der Waals surface area contributed by atoms with Gasteiger partial charge < -0.3 is 9.80 Å².